The summed E-state index contributed by atoms with van der Waals surface area (Å²) < 4.78 is 13.8. The molecule has 1 N–H and O–H groups in total. The fourth-order valence-electron chi connectivity index (χ4n) is 2.70. The van der Waals surface area contributed by atoms with Crippen molar-refractivity contribution >= 4 is 22.4 Å². The molecule has 1 saturated carbocycles. The number of carbonyl (C=O) groups excluding carboxylic acids is 1. The predicted octanol–water partition coefficient (Wildman–Crippen LogP) is 3.97. The number of nitrogens with one attached hydrogen (secondary N) is 1. The van der Waals surface area contributed by atoms with Gasteiger partial charge in [-0.1, -0.05) is 42.4 Å². The van der Waals surface area contributed by atoms with E-state index in [4.69, 9.17) is 0 Å². The van der Waals surface area contributed by atoms with Crippen LogP contribution in [0.25, 0.3) is 10.4 Å². The van der Waals surface area contributed by atoms with Crippen LogP contribution >= 0.6 is 11.3 Å². The minimum atomic E-state index is -0.941. The Kier molecular flexibility index (Phi) is 3.90. The van der Waals surface area contributed by atoms with Gasteiger partial charge in [-0.25, -0.2) is 9.37 Å². The molecule has 0 spiro atoms. The van der Waals surface area contributed by atoms with E-state index < -0.39 is 5.41 Å². The molecule has 0 aliphatic heterocycles. The molecular formula is C16H14FN3OS. The van der Waals surface area contributed by atoms with Gasteiger partial charge < -0.3 is 5.32 Å². The maximum Gasteiger partial charge on any atom is 0.246 e. The Morgan fingerprint density at radius 3 is 2.77 bits per heavy atom. The Hall–Kier alpha value is -2.26. The van der Waals surface area contributed by atoms with Crippen molar-refractivity contribution < 1.29 is 9.18 Å². The number of anilines is 1. The molecule has 0 radical (unpaired) electrons. The number of nitriles is 1. The predicted molar refractivity (Wildman–Crippen MR) is 82.7 cm³/mol. The SMILES string of the molecule is N#CC1(C(=O)Nc2ncc(-c3ccccc3F)s2)CCCC1. The summed E-state index contributed by atoms with van der Waals surface area (Å²) >= 11 is 1.20. The lowest BCUT2D eigenvalue weighted by molar-refractivity contribution is -0.122. The van der Waals surface area contributed by atoms with Crippen molar-refractivity contribution in [3.05, 3.63) is 36.3 Å². The average Bonchev–Trinajstić information content (AvgIpc) is 3.17. The van der Waals surface area contributed by atoms with Crippen LogP contribution in [0.4, 0.5) is 9.52 Å². The van der Waals surface area contributed by atoms with Crippen molar-refractivity contribution in [2.45, 2.75) is 25.7 Å². The number of nitrogens with zero attached hydrogens (tertiary/aromatic N) is 2. The van der Waals surface area contributed by atoms with Gasteiger partial charge in [0, 0.05) is 11.8 Å². The first-order valence-corrected chi connectivity index (χ1v) is 7.90. The molecule has 0 bridgehead atoms. The second kappa shape index (κ2) is 5.85. The van der Waals surface area contributed by atoms with Gasteiger partial charge in [0.1, 0.15) is 11.2 Å². The van der Waals surface area contributed by atoms with E-state index in [2.05, 4.69) is 16.4 Å². The van der Waals surface area contributed by atoms with Crippen LogP contribution in [0.5, 0.6) is 0 Å². The van der Waals surface area contributed by atoms with Gasteiger partial charge in [-0.3, -0.25) is 4.79 Å². The number of carbonyl (C=O) groups is 1. The van der Waals surface area contributed by atoms with Crippen molar-refractivity contribution in [1.82, 2.24) is 4.98 Å². The number of benzene rings is 1. The first kappa shape index (κ1) is 14.7. The Bertz CT molecular complexity index is 744. The summed E-state index contributed by atoms with van der Waals surface area (Å²) in [5, 5.41) is 12.4. The highest BCUT2D eigenvalue weighted by Crippen LogP contribution is 2.39. The van der Waals surface area contributed by atoms with Crippen LogP contribution in [0.15, 0.2) is 30.5 Å². The average molecular weight is 315 g/mol. The summed E-state index contributed by atoms with van der Waals surface area (Å²) in [5.41, 5.74) is -0.486. The number of hydrogen-bond donors (Lipinski definition) is 1. The van der Waals surface area contributed by atoms with Gasteiger partial charge >= 0.3 is 0 Å². The molecule has 1 aliphatic carbocycles. The molecule has 3 rings (SSSR count). The number of hydrogen-bond acceptors (Lipinski definition) is 4. The number of amides is 1. The molecule has 1 aromatic heterocycles. The van der Waals surface area contributed by atoms with Crippen LogP contribution in [0.2, 0.25) is 0 Å². The first-order chi connectivity index (χ1) is 10.6. The summed E-state index contributed by atoms with van der Waals surface area (Å²) in [6.07, 6.45) is 4.48. The lowest BCUT2D eigenvalue weighted by Crippen LogP contribution is -2.32. The standard InChI is InChI=1S/C16H14FN3OS/c17-12-6-2-1-5-11(12)13-9-19-15(22-13)20-14(21)16(10-18)7-3-4-8-16/h1-2,5-6,9H,3-4,7-8H2,(H,19,20,21). The molecule has 1 aliphatic rings. The van der Waals surface area contributed by atoms with Crippen LogP contribution < -0.4 is 5.32 Å². The van der Waals surface area contributed by atoms with Crippen LogP contribution in [0, 0.1) is 22.6 Å². The molecule has 0 atom stereocenters. The monoisotopic (exact) mass is 315 g/mol. The van der Waals surface area contributed by atoms with E-state index in [1.165, 1.54) is 23.6 Å². The molecular weight excluding hydrogens is 301 g/mol. The quantitative estimate of drug-likeness (QED) is 0.932. The third-order valence-corrected chi connectivity index (χ3v) is 4.92. The van der Waals surface area contributed by atoms with Crippen molar-refractivity contribution in [1.29, 1.82) is 5.26 Å². The van der Waals surface area contributed by atoms with Gasteiger partial charge in [-0.2, -0.15) is 5.26 Å². The van der Waals surface area contributed by atoms with E-state index in [1.807, 2.05) is 0 Å². The number of rotatable bonds is 3. The zero-order valence-corrected chi connectivity index (χ0v) is 12.6. The highest BCUT2D eigenvalue weighted by molar-refractivity contribution is 7.19. The molecule has 1 aromatic carbocycles. The number of aromatic nitrogens is 1. The van der Waals surface area contributed by atoms with E-state index in [0.29, 0.717) is 28.4 Å². The first-order valence-electron chi connectivity index (χ1n) is 7.08. The molecule has 0 saturated heterocycles. The minimum Gasteiger partial charge on any atom is -0.301 e. The molecule has 6 heteroatoms. The number of thiazole rings is 1. The molecule has 1 amide bonds. The van der Waals surface area contributed by atoms with Gasteiger partial charge in [-0.05, 0) is 18.9 Å². The minimum absolute atomic E-state index is 0.304. The Morgan fingerprint density at radius 2 is 2.09 bits per heavy atom. The smallest absolute Gasteiger partial charge is 0.246 e. The van der Waals surface area contributed by atoms with E-state index in [1.54, 1.807) is 18.2 Å². The Labute approximate surface area is 131 Å². The fraction of sp³-hybridized carbons (Fsp3) is 0.312. The molecule has 2 aromatic rings. The summed E-state index contributed by atoms with van der Waals surface area (Å²) in [6, 6.07) is 8.58. The van der Waals surface area contributed by atoms with E-state index in [0.717, 1.165) is 12.8 Å². The molecule has 4 nitrogen and oxygen atoms in total. The van der Waals surface area contributed by atoms with Gasteiger partial charge in [0.25, 0.3) is 0 Å². The Balaban J connectivity index is 1.79. The lowest BCUT2D eigenvalue weighted by atomic mass is 9.87. The van der Waals surface area contributed by atoms with Crippen LogP contribution in [0.3, 0.4) is 0 Å². The van der Waals surface area contributed by atoms with Gasteiger partial charge in [0.15, 0.2) is 5.13 Å². The lowest BCUT2D eigenvalue weighted by Gasteiger charge is -2.17. The molecule has 1 fully saturated rings. The van der Waals surface area contributed by atoms with E-state index in [-0.39, 0.29) is 11.7 Å². The largest absolute Gasteiger partial charge is 0.301 e. The number of halogens is 1. The maximum absolute atomic E-state index is 13.8. The second-order valence-electron chi connectivity index (χ2n) is 5.36. The maximum atomic E-state index is 13.8. The summed E-state index contributed by atoms with van der Waals surface area (Å²) in [7, 11) is 0. The molecule has 112 valence electrons. The van der Waals surface area contributed by atoms with Gasteiger partial charge in [0.2, 0.25) is 5.91 Å². The van der Waals surface area contributed by atoms with Crippen molar-refractivity contribution in [3.8, 4) is 16.5 Å². The summed E-state index contributed by atoms with van der Waals surface area (Å²) in [4.78, 5) is 17.1. The van der Waals surface area contributed by atoms with Gasteiger partial charge in [-0.15, -0.1) is 0 Å². The van der Waals surface area contributed by atoms with Crippen LogP contribution in [-0.4, -0.2) is 10.9 Å². The topological polar surface area (TPSA) is 65.8 Å². The summed E-state index contributed by atoms with van der Waals surface area (Å²) in [5.74, 6) is -0.629. The van der Waals surface area contributed by atoms with Gasteiger partial charge in [0.05, 0.1) is 10.9 Å². The normalized spacial score (nSPS) is 16.2. The molecule has 22 heavy (non-hydrogen) atoms. The Morgan fingerprint density at radius 1 is 1.36 bits per heavy atom. The van der Waals surface area contributed by atoms with E-state index in [9.17, 15) is 14.4 Å². The zero-order valence-electron chi connectivity index (χ0n) is 11.8. The fourth-order valence-corrected chi connectivity index (χ4v) is 3.54. The third-order valence-electron chi connectivity index (χ3n) is 3.97. The molecule has 1 heterocycles. The second-order valence-corrected chi connectivity index (χ2v) is 6.40. The highest BCUT2D eigenvalue weighted by Gasteiger charge is 2.41. The van der Waals surface area contributed by atoms with Crippen LogP contribution in [-0.2, 0) is 4.79 Å². The highest BCUT2D eigenvalue weighted by atomic mass is 32.1. The van der Waals surface area contributed by atoms with Crippen LogP contribution in [0.1, 0.15) is 25.7 Å². The summed E-state index contributed by atoms with van der Waals surface area (Å²) in [6.45, 7) is 0. The van der Waals surface area contributed by atoms with Crippen molar-refractivity contribution in [2.75, 3.05) is 5.32 Å². The zero-order chi connectivity index (χ0) is 15.6. The van der Waals surface area contributed by atoms with E-state index >= 15 is 0 Å². The van der Waals surface area contributed by atoms with Crippen molar-refractivity contribution in [3.63, 3.8) is 0 Å². The van der Waals surface area contributed by atoms with Crippen molar-refractivity contribution in [2.24, 2.45) is 5.41 Å². The third kappa shape index (κ3) is 2.60. The molecule has 0 unspecified atom stereocenters.